The number of benzene rings is 1. The summed E-state index contributed by atoms with van der Waals surface area (Å²) in [5, 5.41) is 8.68. The zero-order valence-electron chi connectivity index (χ0n) is 11.3. The Morgan fingerprint density at radius 3 is 2.58 bits per heavy atom. The van der Waals surface area contributed by atoms with Gasteiger partial charge in [-0.3, -0.25) is 9.69 Å². The topological polar surface area (TPSA) is 62.6 Å². The van der Waals surface area contributed by atoms with Gasteiger partial charge in [0, 0.05) is 6.54 Å². The Bertz CT molecular complexity index is 437. The van der Waals surface area contributed by atoms with Crippen molar-refractivity contribution in [1.82, 2.24) is 4.90 Å². The van der Waals surface area contributed by atoms with E-state index in [1.807, 2.05) is 11.8 Å². The Morgan fingerprint density at radius 2 is 2.05 bits per heavy atom. The van der Waals surface area contributed by atoms with Crippen molar-refractivity contribution in [3.05, 3.63) is 29.8 Å². The van der Waals surface area contributed by atoms with E-state index < -0.39 is 0 Å². The van der Waals surface area contributed by atoms with Crippen molar-refractivity contribution in [2.24, 2.45) is 0 Å². The van der Waals surface area contributed by atoms with Crippen LogP contribution in [0.1, 0.15) is 12.5 Å². The average Bonchev–Trinajstić information content (AvgIpc) is 2.46. The summed E-state index contributed by atoms with van der Waals surface area (Å²) in [5.74, 6) is 0.466. The highest BCUT2D eigenvalue weighted by atomic mass is 16.5. The van der Waals surface area contributed by atoms with E-state index in [9.17, 15) is 4.79 Å². The van der Waals surface area contributed by atoms with Crippen molar-refractivity contribution in [2.75, 3.05) is 33.4 Å². The van der Waals surface area contributed by atoms with Crippen molar-refractivity contribution in [2.45, 2.75) is 6.92 Å². The van der Waals surface area contributed by atoms with Crippen molar-refractivity contribution in [3.63, 3.8) is 0 Å². The molecule has 0 aliphatic heterocycles. The van der Waals surface area contributed by atoms with E-state index >= 15 is 0 Å². The predicted octanol–water partition coefficient (Wildman–Crippen LogP) is 1.43. The fraction of sp³-hybridized carbons (Fsp3) is 0.429. The van der Waals surface area contributed by atoms with Gasteiger partial charge in [0.15, 0.2) is 0 Å². The minimum Gasteiger partial charge on any atom is -0.492 e. The molecule has 1 rings (SSSR count). The highest BCUT2D eigenvalue weighted by Gasteiger charge is 2.08. The van der Waals surface area contributed by atoms with Gasteiger partial charge in [-0.25, -0.2) is 0 Å². The molecule has 1 aromatic rings. The van der Waals surface area contributed by atoms with Crippen LogP contribution in [0.25, 0.3) is 0 Å². The molecule has 0 spiro atoms. The molecule has 0 unspecified atom stereocenters. The minimum absolute atomic E-state index is 0.250. The first-order valence-electron chi connectivity index (χ1n) is 6.11. The Morgan fingerprint density at radius 1 is 1.37 bits per heavy atom. The second-order valence-corrected chi connectivity index (χ2v) is 3.93. The molecule has 1 aromatic carbocycles. The summed E-state index contributed by atoms with van der Waals surface area (Å²) >= 11 is 0. The van der Waals surface area contributed by atoms with Gasteiger partial charge >= 0.3 is 5.97 Å². The summed E-state index contributed by atoms with van der Waals surface area (Å²) in [7, 11) is 1.38. The maximum absolute atomic E-state index is 11.1. The molecule has 0 aliphatic carbocycles. The number of methoxy groups -OCH3 is 1. The molecule has 5 nitrogen and oxygen atoms in total. The summed E-state index contributed by atoms with van der Waals surface area (Å²) in [4.78, 5) is 13.1. The molecule has 0 aromatic heterocycles. The summed E-state index contributed by atoms with van der Waals surface area (Å²) in [6.07, 6.45) is 0. The molecule has 0 aliphatic rings. The molecule has 102 valence electrons. The van der Waals surface area contributed by atoms with E-state index in [1.54, 1.807) is 24.3 Å². The number of likely N-dealkylation sites (N-methyl/N-ethyl adjacent to an activating group) is 1. The van der Waals surface area contributed by atoms with Crippen LogP contribution in [0, 0.1) is 11.3 Å². The lowest BCUT2D eigenvalue weighted by Gasteiger charge is -2.18. The maximum atomic E-state index is 11.1. The summed E-state index contributed by atoms with van der Waals surface area (Å²) in [6, 6.07) is 8.99. The Kier molecular flexibility index (Phi) is 6.41. The lowest BCUT2D eigenvalue weighted by atomic mass is 10.2. The Hall–Kier alpha value is -2.06. The molecule has 5 heteroatoms. The predicted molar refractivity (Wildman–Crippen MR) is 70.8 cm³/mol. The summed E-state index contributed by atoms with van der Waals surface area (Å²) in [5.41, 5.74) is 0.605. The smallest absolute Gasteiger partial charge is 0.319 e. The maximum Gasteiger partial charge on any atom is 0.319 e. The molecule has 0 saturated heterocycles. The number of nitrogens with zero attached hydrogens (tertiary/aromatic N) is 2. The van der Waals surface area contributed by atoms with Crippen molar-refractivity contribution >= 4 is 5.97 Å². The second-order valence-electron chi connectivity index (χ2n) is 3.93. The zero-order valence-corrected chi connectivity index (χ0v) is 11.3. The monoisotopic (exact) mass is 262 g/mol. The van der Waals surface area contributed by atoms with Crippen LogP contribution in [0.5, 0.6) is 5.75 Å². The van der Waals surface area contributed by atoms with Crippen LogP contribution >= 0.6 is 0 Å². The minimum atomic E-state index is -0.250. The molecule has 0 heterocycles. The fourth-order valence-electron chi connectivity index (χ4n) is 1.51. The summed E-state index contributed by atoms with van der Waals surface area (Å²) < 4.78 is 10.2. The van der Waals surface area contributed by atoms with Gasteiger partial charge in [-0.2, -0.15) is 5.26 Å². The molecule has 19 heavy (non-hydrogen) atoms. The molecule has 0 N–H and O–H groups in total. The van der Waals surface area contributed by atoms with Crippen LogP contribution in [0.4, 0.5) is 0 Å². The number of ether oxygens (including phenoxy) is 2. The van der Waals surface area contributed by atoms with Crippen LogP contribution in [-0.4, -0.2) is 44.2 Å². The first kappa shape index (κ1) is 15.0. The van der Waals surface area contributed by atoms with Crippen LogP contribution in [0.15, 0.2) is 24.3 Å². The van der Waals surface area contributed by atoms with Crippen LogP contribution in [0.3, 0.4) is 0 Å². The first-order chi connectivity index (χ1) is 9.19. The third-order valence-corrected chi connectivity index (χ3v) is 2.69. The largest absolute Gasteiger partial charge is 0.492 e. The van der Waals surface area contributed by atoms with E-state index in [0.29, 0.717) is 24.5 Å². The quantitative estimate of drug-likeness (QED) is 0.696. The SMILES string of the molecule is CCN(CCOc1ccc(C#N)cc1)CC(=O)OC. The van der Waals surface area contributed by atoms with Gasteiger partial charge in [-0.1, -0.05) is 6.92 Å². The van der Waals surface area contributed by atoms with Gasteiger partial charge in [-0.15, -0.1) is 0 Å². The van der Waals surface area contributed by atoms with Gasteiger partial charge < -0.3 is 9.47 Å². The van der Waals surface area contributed by atoms with Gasteiger partial charge in [0.25, 0.3) is 0 Å². The van der Waals surface area contributed by atoms with E-state index in [0.717, 1.165) is 6.54 Å². The number of nitriles is 1. The summed E-state index contributed by atoms with van der Waals surface area (Å²) in [6.45, 7) is 4.13. The lowest BCUT2D eigenvalue weighted by Crippen LogP contribution is -2.33. The molecule has 0 atom stereocenters. The van der Waals surface area contributed by atoms with Crippen molar-refractivity contribution in [1.29, 1.82) is 5.26 Å². The normalized spacial score (nSPS) is 10.0. The van der Waals surface area contributed by atoms with Crippen LogP contribution in [-0.2, 0) is 9.53 Å². The van der Waals surface area contributed by atoms with Gasteiger partial charge in [0.1, 0.15) is 12.4 Å². The molecule has 0 fully saturated rings. The number of hydrogen-bond donors (Lipinski definition) is 0. The Labute approximate surface area is 113 Å². The first-order valence-corrected chi connectivity index (χ1v) is 6.11. The number of carbonyl (C=O) groups is 1. The average molecular weight is 262 g/mol. The van der Waals surface area contributed by atoms with Crippen molar-refractivity contribution < 1.29 is 14.3 Å². The molecule has 0 radical (unpaired) electrons. The number of hydrogen-bond acceptors (Lipinski definition) is 5. The number of rotatable bonds is 7. The van der Waals surface area contributed by atoms with E-state index in [-0.39, 0.29) is 12.5 Å². The molecular formula is C14H18N2O3. The van der Waals surface area contributed by atoms with Gasteiger partial charge in [0.05, 0.1) is 25.3 Å². The number of esters is 1. The van der Waals surface area contributed by atoms with Gasteiger partial charge in [0.2, 0.25) is 0 Å². The van der Waals surface area contributed by atoms with Gasteiger partial charge in [-0.05, 0) is 30.8 Å². The highest BCUT2D eigenvalue weighted by molar-refractivity contribution is 5.71. The molecular weight excluding hydrogens is 244 g/mol. The van der Waals surface area contributed by atoms with Crippen LogP contribution < -0.4 is 4.74 Å². The van der Waals surface area contributed by atoms with Crippen LogP contribution in [0.2, 0.25) is 0 Å². The zero-order chi connectivity index (χ0) is 14.1. The highest BCUT2D eigenvalue weighted by Crippen LogP contribution is 2.11. The third-order valence-electron chi connectivity index (χ3n) is 2.69. The second kappa shape index (κ2) is 8.11. The molecule has 0 bridgehead atoms. The van der Waals surface area contributed by atoms with E-state index in [2.05, 4.69) is 10.8 Å². The van der Waals surface area contributed by atoms with Crippen molar-refractivity contribution in [3.8, 4) is 11.8 Å². The fourth-order valence-corrected chi connectivity index (χ4v) is 1.51. The van der Waals surface area contributed by atoms with E-state index in [4.69, 9.17) is 10.00 Å². The lowest BCUT2D eigenvalue weighted by molar-refractivity contribution is -0.141. The molecule has 0 amide bonds. The Balaban J connectivity index is 2.35. The standard InChI is InChI=1S/C14H18N2O3/c1-3-16(11-14(17)18-2)8-9-19-13-6-4-12(10-15)5-7-13/h4-7H,3,8-9,11H2,1-2H3. The third kappa shape index (κ3) is 5.40. The molecule has 0 saturated carbocycles. The van der Waals surface area contributed by atoms with E-state index in [1.165, 1.54) is 7.11 Å². The number of carbonyl (C=O) groups excluding carboxylic acids is 1.